The van der Waals surface area contributed by atoms with Crippen LogP contribution >= 0.6 is 0 Å². The maximum atomic E-state index is 14.8. The number of fused-ring (bicyclic) bond motifs is 6. The summed E-state index contributed by atoms with van der Waals surface area (Å²) in [5, 5.41) is 3.07. The maximum absolute atomic E-state index is 14.8. The van der Waals surface area contributed by atoms with Gasteiger partial charge in [-0.25, -0.2) is 0 Å². The zero-order chi connectivity index (χ0) is 28.8. The summed E-state index contributed by atoms with van der Waals surface area (Å²) >= 11 is 0. The summed E-state index contributed by atoms with van der Waals surface area (Å²) in [5.41, 5.74) is 2.50. The van der Waals surface area contributed by atoms with Gasteiger partial charge >= 0.3 is 0 Å². The van der Waals surface area contributed by atoms with Crippen LogP contribution in [0.15, 0.2) is 103 Å². The normalized spacial score (nSPS) is 23.2. The van der Waals surface area contributed by atoms with Gasteiger partial charge in [-0.15, -0.1) is 0 Å². The van der Waals surface area contributed by atoms with Gasteiger partial charge in [-0.3, -0.25) is 19.4 Å². The second-order valence-electron chi connectivity index (χ2n) is 10.9. The van der Waals surface area contributed by atoms with Gasteiger partial charge in [0.2, 0.25) is 11.7 Å². The lowest BCUT2D eigenvalue weighted by Crippen LogP contribution is -2.49. The van der Waals surface area contributed by atoms with Crippen molar-refractivity contribution in [2.24, 2.45) is 5.92 Å². The Kier molecular flexibility index (Phi) is 6.23. The monoisotopic (exact) mass is 555 g/mol. The molecule has 1 fully saturated rings. The summed E-state index contributed by atoms with van der Waals surface area (Å²) in [4.78, 5) is 50.1. The number of ketones is 2. The van der Waals surface area contributed by atoms with Crippen LogP contribution in [0.4, 0.5) is 5.69 Å². The van der Waals surface area contributed by atoms with Crippen LogP contribution in [0.3, 0.4) is 0 Å². The molecule has 7 rings (SSSR count). The summed E-state index contributed by atoms with van der Waals surface area (Å²) in [6.45, 7) is 2.60. The van der Waals surface area contributed by atoms with Crippen LogP contribution in [0.5, 0.6) is 5.75 Å². The molecule has 3 aromatic carbocycles. The largest absolute Gasteiger partial charge is 0.494 e. The van der Waals surface area contributed by atoms with E-state index < -0.39 is 23.4 Å². The van der Waals surface area contributed by atoms with Crippen molar-refractivity contribution in [1.82, 2.24) is 9.88 Å². The van der Waals surface area contributed by atoms with E-state index in [0.29, 0.717) is 29.2 Å². The van der Waals surface area contributed by atoms with Crippen molar-refractivity contribution >= 4 is 29.2 Å². The average Bonchev–Trinajstić information content (AvgIpc) is 3.52. The first-order valence-electron chi connectivity index (χ1n) is 14.2. The molecule has 4 atom stereocenters. The fraction of sp³-hybridized carbons (Fsp3) is 0.200. The van der Waals surface area contributed by atoms with E-state index in [9.17, 15) is 14.4 Å². The minimum atomic E-state index is -1.37. The highest BCUT2D eigenvalue weighted by atomic mass is 16.5. The number of benzene rings is 3. The predicted molar refractivity (Wildman–Crippen MR) is 159 cm³/mol. The molecular formula is C35H29N3O4. The Morgan fingerprint density at radius 3 is 2.48 bits per heavy atom. The molecule has 0 saturated carbocycles. The van der Waals surface area contributed by atoms with E-state index in [1.807, 2.05) is 72.6 Å². The highest BCUT2D eigenvalue weighted by molar-refractivity contribution is 6.16. The number of rotatable bonds is 7. The highest BCUT2D eigenvalue weighted by Gasteiger charge is 2.70. The first-order valence-corrected chi connectivity index (χ1v) is 14.2. The molecule has 3 aliphatic heterocycles. The van der Waals surface area contributed by atoms with Crippen LogP contribution in [0.2, 0.25) is 0 Å². The zero-order valence-corrected chi connectivity index (χ0v) is 23.1. The molecule has 1 amide bonds. The Balaban J connectivity index is 1.47. The molecular weight excluding hydrogens is 526 g/mol. The third-order valence-corrected chi connectivity index (χ3v) is 8.65. The molecule has 4 aromatic rings. The Bertz CT molecular complexity index is 1730. The van der Waals surface area contributed by atoms with E-state index in [1.54, 1.807) is 48.7 Å². The third kappa shape index (κ3) is 3.73. The summed E-state index contributed by atoms with van der Waals surface area (Å²) in [5.74, 6) is -1.26. The quantitative estimate of drug-likeness (QED) is 0.288. The van der Waals surface area contributed by atoms with Crippen LogP contribution < -0.4 is 10.1 Å². The summed E-state index contributed by atoms with van der Waals surface area (Å²) < 4.78 is 5.75. The fourth-order valence-corrected chi connectivity index (χ4v) is 6.94. The summed E-state index contributed by atoms with van der Waals surface area (Å²) in [6, 6.07) is 25.9. The number of ether oxygens (including phenoxy) is 1. The number of carbonyl (C=O) groups is 3. The van der Waals surface area contributed by atoms with E-state index in [-0.39, 0.29) is 23.2 Å². The van der Waals surface area contributed by atoms with Crippen molar-refractivity contribution in [2.75, 3.05) is 11.9 Å². The van der Waals surface area contributed by atoms with Crippen molar-refractivity contribution in [3.63, 3.8) is 0 Å². The number of nitrogens with one attached hydrogen (secondary N) is 1. The molecule has 4 heterocycles. The van der Waals surface area contributed by atoms with E-state index in [4.69, 9.17) is 4.74 Å². The Morgan fingerprint density at radius 1 is 0.929 bits per heavy atom. The van der Waals surface area contributed by atoms with E-state index in [1.165, 1.54) is 0 Å². The molecule has 3 aliphatic rings. The maximum Gasteiger partial charge on any atom is 0.238 e. The molecule has 0 aliphatic carbocycles. The van der Waals surface area contributed by atoms with Crippen molar-refractivity contribution in [2.45, 2.75) is 30.8 Å². The second-order valence-corrected chi connectivity index (χ2v) is 10.9. The Morgan fingerprint density at radius 2 is 1.69 bits per heavy atom. The molecule has 1 aromatic heterocycles. The fourth-order valence-electron chi connectivity index (χ4n) is 6.94. The van der Waals surface area contributed by atoms with Crippen molar-refractivity contribution in [3.8, 4) is 5.75 Å². The average molecular weight is 556 g/mol. The molecule has 1 saturated heterocycles. The van der Waals surface area contributed by atoms with Gasteiger partial charge < -0.3 is 15.0 Å². The zero-order valence-electron chi connectivity index (χ0n) is 23.1. The first kappa shape index (κ1) is 25.9. The van der Waals surface area contributed by atoms with Gasteiger partial charge in [-0.1, -0.05) is 55.5 Å². The van der Waals surface area contributed by atoms with Crippen LogP contribution in [0.1, 0.15) is 56.9 Å². The molecule has 7 heteroatoms. The molecule has 0 radical (unpaired) electrons. The SMILES string of the molecule is CCCOc1ccc(C(=O)[C@H]2[C@H](C(=O)c3ccccn3)N3C=Cc4ccccc4[C@@H]3[C@]23C(=O)Nc2ccccc23)cc1. The van der Waals surface area contributed by atoms with Crippen LogP contribution in [-0.4, -0.2) is 40.0 Å². The molecule has 7 nitrogen and oxygen atoms in total. The number of hydrogen-bond acceptors (Lipinski definition) is 6. The van der Waals surface area contributed by atoms with Crippen molar-refractivity contribution < 1.29 is 19.1 Å². The number of hydrogen-bond donors (Lipinski definition) is 1. The summed E-state index contributed by atoms with van der Waals surface area (Å²) in [7, 11) is 0. The number of aromatic nitrogens is 1. The lowest BCUT2D eigenvalue weighted by atomic mass is 9.62. The number of amides is 1. The van der Waals surface area contributed by atoms with E-state index in [2.05, 4.69) is 10.3 Å². The van der Waals surface area contributed by atoms with Crippen molar-refractivity contribution in [1.29, 1.82) is 0 Å². The molecule has 1 spiro atoms. The Hall–Kier alpha value is -5.04. The summed E-state index contributed by atoms with van der Waals surface area (Å²) in [6.07, 6.45) is 6.25. The van der Waals surface area contributed by atoms with E-state index >= 15 is 0 Å². The molecule has 42 heavy (non-hydrogen) atoms. The Labute approximate surface area is 243 Å². The predicted octanol–water partition coefficient (Wildman–Crippen LogP) is 5.85. The number of nitrogens with zero attached hydrogens (tertiary/aromatic N) is 2. The van der Waals surface area contributed by atoms with Gasteiger partial charge in [0.25, 0.3) is 0 Å². The lowest BCUT2D eigenvalue weighted by Gasteiger charge is -2.38. The first-order chi connectivity index (χ1) is 20.6. The molecule has 208 valence electrons. The number of pyridine rings is 1. The van der Waals surface area contributed by atoms with Gasteiger partial charge in [0.1, 0.15) is 22.9 Å². The second kappa shape index (κ2) is 10.1. The van der Waals surface area contributed by atoms with Gasteiger partial charge in [0, 0.05) is 23.6 Å². The highest BCUT2D eigenvalue weighted by Crippen LogP contribution is 2.62. The van der Waals surface area contributed by atoms with Gasteiger partial charge in [0.05, 0.1) is 18.6 Å². The molecule has 0 bridgehead atoms. The lowest BCUT2D eigenvalue weighted by molar-refractivity contribution is -0.122. The minimum Gasteiger partial charge on any atom is -0.494 e. The van der Waals surface area contributed by atoms with Crippen LogP contribution in [0.25, 0.3) is 6.08 Å². The van der Waals surface area contributed by atoms with Crippen LogP contribution in [-0.2, 0) is 10.2 Å². The van der Waals surface area contributed by atoms with Crippen molar-refractivity contribution in [3.05, 3.63) is 131 Å². The smallest absolute Gasteiger partial charge is 0.238 e. The van der Waals surface area contributed by atoms with Gasteiger partial charge in [-0.2, -0.15) is 0 Å². The van der Waals surface area contributed by atoms with Gasteiger partial charge in [-0.05, 0) is 71.7 Å². The van der Waals surface area contributed by atoms with E-state index in [0.717, 1.165) is 17.5 Å². The number of Topliss-reactive ketones (excluding diaryl/α,β-unsaturated/α-hetero) is 2. The van der Waals surface area contributed by atoms with Gasteiger partial charge in [0.15, 0.2) is 5.78 Å². The third-order valence-electron chi connectivity index (χ3n) is 8.65. The minimum absolute atomic E-state index is 0.248. The molecule has 1 N–H and O–H groups in total. The number of carbonyl (C=O) groups excluding carboxylic acids is 3. The van der Waals surface area contributed by atoms with Crippen LogP contribution in [0, 0.1) is 5.92 Å². The number of para-hydroxylation sites is 1. The standard InChI is InChI=1S/C35H29N3O4/c1-2-21-42-24-16-14-23(15-17-24)31(39)29-30(32(40)28-13-7-8-19-36-28)38-20-18-22-9-3-4-10-25(22)33(38)35(29)26-11-5-6-12-27(26)37-34(35)41/h3-20,29-30,33H,2,21H2,1H3,(H,37,41)/t29-,30-,33-,35-/m1/s1. The topological polar surface area (TPSA) is 88.6 Å². The molecule has 0 unspecified atom stereocenters. The number of anilines is 1.